The van der Waals surface area contributed by atoms with Gasteiger partial charge in [-0.05, 0) is 22.0 Å². The average Bonchev–Trinajstić information content (AvgIpc) is 2.18. The number of pyridine rings is 1. The third-order valence-electron chi connectivity index (χ3n) is 1.55. The zero-order valence-corrected chi connectivity index (χ0v) is 8.49. The van der Waals surface area contributed by atoms with Gasteiger partial charge in [-0.25, -0.2) is 9.97 Å². The minimum Gasteiger partial charge on any atom is -0.258 e. The van der Waals surface area contributed by atoms with E-state index in [1.807, 2.05) is 0 Å². The Hall–Kier alpha value is -1.36. The molecule has 14 heavy (non-hydrogen) atoms. The summed E-state index contributed by atoms with van der Waals surface area (Å²) in [4.78, 5) is 11.3. The van der Waals surface area contributed by atoms with Gasteiger partial charge in [0.2, 0.25) is 5.95 Å². The van der Waals surface area contributed by atoms with Crippen molar-refractivity contribution in [3.05, 3.63) is 41.3 Å². The number of hydrogen-bond acceptors (Lipinski definition) is 3. The van der Waals surface area contributed by atoms with Gasteiger partial charge in [-0.15, -0.1) is 0 Å². The first-order valence-corrected chi connectivity index (χ1v) is 4.57. The molecule has 1 radical (unpaired) electrons. The molecule has 0 aliphatic rings. The fourth-order valence-corrected chi connectivity index (χ4v) is 1.32. The van der Waals surface area contributed by atoms with Crippen LogP contribution in [0.1, 0.15) is 0 Å². The van der Waals surface area contributed by atoms with E-state index in [2.05, 4.69) is 36.9 Å². The van der Waals surface area contributed by atoms with Gasteiger partial charge in [-0.2, -0.15) is 4.39 Å². The standard InChI is InChI=1S/C9H4BrFN3/c10-8-3-6(1-2-13-8)7-4-12-5-9(11)14-7/h1-2,4-5H. The van der Waals surface area contributed by atoms with E-state index in [4.69, 9.17) is 0 Å². The van der Waals surface area contributed by atoms with Crippen LogP contribution < -0.4 is 0 Å². The summed E-state index contributed by atoms with van der Waals surface area (Å²) >= 11 is 3.17. The molecule has 2 heterocycles. The molecule has 0 spiro atoms. The van der Waals surface area contributed by atoms with Gasteiger partial charge in [-0.1, -0.05) is 0 Å². The van der Waals surface area contributed by atoms with E-state index in [-0.39, 0.29) is 0 Å². The van der Waals surface area contributed by atoms with E-state index in [9.17, 15) is 4.39 Å². The second-order valence-electron chi connectivity index (χ2n) is 2.50. The highest BCUT2D eigenvalue weighted by Crippen LogP contribution is 2.17. The lowest BCUT2D eigenvalue weighted by atomic mass is 10.2. The van der Waals surface area contributed by atoms with Crippen molar-refractivity contribution >= 4 is 15.9 Å². The molecule has 0 aromatic carbocycles. The van der Waals surface area contributed by atoms with Crippen LogP contribution in [0.15, 0.2) is 29.3 Å². The lowest BCUT2D eigenvalue weighted by Gasteiger charge is -1.98. The summed E-state index contributed by atoms with van der Waals surface area (Å²) in [7, 11) is 0. The Balaban J connectivity index is 2.49. The van der Waals surface area contributed by atoms with Crippen LogP contribution in [-0.4, -0.2) is 15.0 Å². The maximum absolute atomic E-state index is 12.7. The molecule has 2 aromatic heterocycles. The molecule has 0 fully saturated rings. The predicted octanol–water partition coefficient (Wildman–Crippen LogP) is 2.24. The van der Waals surface area contributed by atoms with Crippen LogP contribution in [0.3, 0.4) is 0 Å². The van der Waals surface area contributed by atoms with Gasteiger partial charge in [-0.3, -0.25) is 4.98 Å². The third kappa shape index (κ3) is 1.93. The smallest absolute Gasteiger partial charge is 0.231 e. The summed E-state index contributed by atoms with van der Waals surface area (Å²) in [6, 6.07) is 4.58. The summed E-state index contributed by atoms with van der Waals surface area (Å²) in [5, 5.41) is 0. The van der Waals surface area contributed by atoms with E-state index in [1.165, 1.54) is 6.20 Å². The normalized spacial score (nSPS) is 10.1. The van der Waals surface area contributed by atoms with Crippen LogP contribution in [0, 0.1) is 12.0 Å². The number of nitrogens with zero attached hydrogens (tertiary/aromatic N) is 3. The maximum Gasteiger partial charge on any atom is 0.231 e. The summed E-state index contributed by atoms with van der Waals surface area (Å²) in [5.41, 5.74) is 1.09. The molecular weight excluding hydrogens is 249 g/mol. The Morgan fingerprint density at radius 3 is 2.93 bits per heavy atom. The predicted molar refractivity (Wildman–Crippen MR) is 51.8 cm³/mol. The largest absolute Gasteiger partial charge is 0.258 e. The molecule has 0 aliphatic heterocycles. The van der Waals surface area contributed by atoms with E-state index >= 15 is 0 Å². The van der Waals surface area contributed by atoms with Gasteiger partial charge in [0.25, 0.3) is 0 Å². The van der Waals surface area contributed by atoms with Gasteiger partial charge in [0.1, 0.15) is 4.60 Å². The molecular formula is C9H4BrFN3. The summed E-state index contributed by atoms with van der Waals surface area (Å²) in [5.74, 6) is -0.608. The van der Waals surface area contributed by atoms with Crippen LogP contribution >= 0.6 is 15.9 Å². The molecule has 0 saturated heterocycles. The van der Waals surface area contributed by atoms with Crippen LogP contribution in [0.5, 0.6) is 0 Å². The molecule has 0 aliphatic carbocycles. The van der Waals surface area contributed by atoms with Crippen LogP contribution in [0.2, 0.25) is 0 Å². The van der Waals surface area contributed by atoms with Crippen molar-refractivity contribution in [2.24, 2.45) is 0 Å². The van der Waals surface area contributed by atoms with Gasteiger partial charge < -0.3 is 0 Å². The van der Waals surface area contributed by atoms with Crippen molar-refractivity contribution in [2.45, 2.75) is 0 Å². The first kappa shape index (κ1) is 9.21. The summed E-state index contributed by atoms with van der Waals surface area (Å²) < 4.78 is 13.3. The first-order chi connectivity index (χ1) is 6.75. The van der Waals surface area contributed by atoms with Crippen molar-refractivity contribution in [2.75, 3.05) is 0 Å². The lowest BCUT2D eigenvalue weighted by molar-refractivity contribution is 0.578. The van der Waals surface area contributed by atoms with Gasteiger partial charge in [0.15, 0.2) is 0 Å². The minimum atomic E-state index is -0.608. The molecule has 0 bridgehead atoms. The number of aromatic nitrogens is 3. The van der Waals surface area contributed by atoms with E-state index in [0.717, 1.165) is 6.20 Å². The molecule has 3 nitrogen and oxygen atoms in total. The highest BCUT2D eigenvalue weighted by atomic mass is 79.9. The van der Waals surface area contributed by atoms with E-state index < -0.39 is 5.95 Å². The fraction of sp³-hybridized carbons (Fsp3) is 0. The first-order valence-electron chi connectivity index (χ1n) is 3.77. The topological polar surface area (TPSA) is 38.7 Å². The van der Waals surface area contributed by atoms with Gasteiger partial charge in [0.05, 0.1) is 18.1 Å². The van der Waals surface area contributed by atoms with E-state index in [0.29, 0.717) is 15.9 Å². The molecule has 0 unspecified atom stereocenters. The number of halogens is 2. The molecule has 0 saturated carbocycles. The lowest BCUT2D eigenvalue weighted by Crippen LogP contribution is -1.90. The van der Waals surface area contributed by atoms with Gasteiger partial charge in [0, 0.05) is 17.8 Å². The molecule has 0 atom stereocenters. The second kappa shape index (κ2) is 3.79. The Morgan fingerprint density at radius 1 is 1.36 bits per heavy atom. The van der Waals surface area contributed by atoms with Crippen molar-refractivity contribution < 1.29 is 4.39 Å². The Bertz CT molecular complexity index is 418. The monoisotopic (exact) mass is 252 g/mol. The SMILES string of the molecule is Fc1cncc(-c2[c]c(Br)ncc2)n1. The zero-order chi connectivity index (χ0) is 9.97. The van der Waals surface area contributed by atoms with Gasteiger partial charge >= 0.3 is 0 Å². The van der Waals surface area contributed by atoms with Crippen LogP contribution in [0.25, 0.3) is 11.3 Å². The minimum absolute atomic E-state index is 0.438. The van der Waals surface area contributed by atoms with Crippen LogP contribution in [-0.2, 0) is 0 Å². The highest BCUT2D eigenvalue weighted by Gasteiger charge is 2.02. The average molecular weight is 253 g/mol. The maximum atomic E-state index is 12.7. The Morgan fingerprint density at radius 2 is 2.21 bits per heavy atom. The highest BCUT2D eigenvalue weighted by molar-refractivity contribution is 9.10. The van der Waals surface area contributed by atoms with E-state index in [1.54, 1.807) is 12.3 Å². The number of rotatable bonds is 1. The van der Waals surface area contributed by atoms with Crippen molar-refractivity contribution in [3.63, 3.8) is 0 Å². The summed E-state index contributed by atoms with van der Waals surface area (Å²) in [6.07, 6.45) is 4.11. The molecule has 0 N–H and O–H groups in total. The molecule has 2 aromatic rings. The molecule has 5 heteroatoms. The zero-order valence-electron chi connectivity index (χ0n) is 6.91. The summed E-state index contributed by atoms with van der Waals surface area (Å²) in [6.45, 7) is 0. The van der Waals surface area contributed by atoms with Crippen molar-refractivity contribution in [3.8, 4) is 11.3 Å². The van der Waals surface area contributed by atoms with Crippen LogP contribution in [0.4, 0.5) is 4.39 Å². The Kier molecular flexibility index (Phi) is 2.49. The van der Waals surface area contributed by atoms with Crippen molar-refractivity contribution in [1.29, 1.82) is 0 Å². The Labute approximate surface area is 88.2 Å². The fourth-order valence-electron chi connectivity index (χ4n) is 0.984. The van der Waals surface area contributed by atoms with Crippen molar-refractivity contribution in [1.82, 2.24) is 15.0 Å². The molecule has 0 amide bonds. The quantitative estimate of drug-likeness (QED) is 0.731. The molecule has 2 rings (SSSR count). The molecule has 69 valence electrons. The number of hydrogen-bond donors (Lipinski definition) is 0. The second-order valence-corrected chi connectivity index (χ2v) is 3.25. The third-order valence-corrected chi connectivity index (χ3v) is 1.95.